The normalized spacial score (nSPS) is 11.1. The quantitative estimate of drug-likeness (QED) is 0.938. The van der Waals surface area contributed by atoms with Crippen LogP contribution in [-0.2, 0) is 16.6 Å². The predicted octanol–water partition coefficient (Wildman–Crippen LogP) is 2.23. The molecule has 0 aliphatic carbocycles. The first-order chi connectivity index (χ1) is 9.49. The average molecular weight is 311 g/mol. The van der Waals surface area contributed by atoms with Gasteiger partial charge >= 0.3 is 0 Å². The van der Waals surface area contributed by atoms with Crippen LogP contribution in [0.4, 0.5) is 5.82 Å². The molecule has 1 N–H and O–H groups in total. The van der Waals surface area contributed by atoms with Crippen LogP contribution >= 0.6 is 11.6 Å². The topological polar surface area (TPSA) is 87.8 Å². The molecule has 2 rings (SSSR count). The van der Waals surface area contributed by atoms with E-state index in [4.69, 9.17) is 16.9 Å². The molecular weight excluding hydrogens is 300 g/mol. The van der Waals surface area contributed by atoms with Gasteiger partial charge < -0.3 is 0 Å². The van der Waals surface area contributed by atoms with Gasteiger partial charge in [-0.25, -0.2) is 13.1 Å². The number of halogens is 1. The smallest absolute Gasteiger partial charge is 0.262 e. The molecule has 0 aliphatic heterocycles. The number of nitrogens with one attached hydrogen (secondary N) is 1. The molecule has 1 heterocycles. The molecule has 8 heteroatoms. The Hall–Kier alpha value is -2.04. The summed E-state index contributed by atoms with van der Waals surface area (Å²) in [4.78, 5) is -0.0468. The summed E-state index contributed by atoms with van der Waals surface area (Å²) < 4.78 is 28.4. The number of rotatable bonds is 4. The van der Waals surface area contributed by atoms with Crippen LogP contribution in [0.3, 0.4) is 0 Å². The number of benzene rings is 1. The summed E-state index contributed by atoms with van der Waals surface area (Å²) in [5, 5.41) is 13.0. The number of hydrogen-bond acceptors (Lipinski definition) is 4. The Kier molecular flexibility index (Phi) is 3.97. The molecule has 0 bridgehead atoms. The molecule has 104 valence electrons. The van der Waals surface area contributed by atoms with Gasteiger partial charge in [-0.1, -0.05) is 23.7 Å². The van der Waals surface area contributed by atoms with Crippen molar-refractivity contribution in [1.29, 1.82) is 5.26 Å². The molecule has 6 nitrogen and oxygen atoms in total. The van der Waals surface area contributed by atoms with E-state index >= 15 is 0 Å². The summed E-state index contributed by atoms with van der Waals surface area (Å²) in [6, 6.07) is 7.98. The third-order valence-electron chi connectivity index (χ3n) is 2.62. The summed E-state index contributed by atoms with van der Waals surface area (Å²) in [7, 11) is -3.87. The molecule has 0 saturated carbocycles. The Morgan fingerprint density at radius 3 is 2.75 bits per heavy atom. The number of hydrogen-bond donors (Lipinski definition) is 1. The number of sulfonamides is 1. The fourth-order valence-electron chi connectivity index (χ4n) is 1.66. The van der Waals surface area contributed by atoms with E-state index in [1.165, 1.54) is 23.0 Å². The van der Waals surface area contributed by atoms with Gasteiger partial charge in [-0.2, -0.15) is 10.4 Å². The lowest BCUT2D eigenvalue weighted by Crippen LogP contribution is -2.17. The van der Waals surface area contributed by atoms with E-state index in [9.17, 15) is 8.42 Å². The third kappa shape index (κ3) is 2.61. The van der Waals surface area contributed by atoms with Crippen LogP contribution < -0.4 is 4.72 Å². The van der Waals surface area contributed by atoms with Crippen molar-refractivity contribution in [2.45, 2.75) is 18.4 Å². The lowest BCUT2D eigenvalue weighted by molar-refractivity contribution is 0.599. The van der Waals surface area contributed by atoms with Crippen LogP contribution in [0.5, 0.6) is 0 Å². The van der Waals surface area contributed by atoms with Crippen molar-refractivity contribution < 1.29 is 8.42 Å². The van der Waals surface area contributed by atoms with Gasteiger partial charge in [0.05, 0.1) is 11.2 Å². The highest BCUT2D eigenvalue weighted by Gasteiger charge is 2.21. The summed E-state index contributed by atoms with van der Waals surface area (Å²) in [5.41, 5.74) is 0.155. The predicted molar refractivity (Wildman–Crippen MR) is 74.9 cm³/mol. The molecule has 0 saturated heterocycles. The maximum Gasteiger partial charge on any atom is 0.264 e. The Morgan fingerprint density at radius 1 is 1.45 bits per heavy atom. The standard InChI is InChI=1S/C12H11ClN4O2S/c1-2-17-12(9(7-14)8-15-17)16-20(18,19)11-6-4-3-5-10(11)13/h3-6,8,16H,2H2,1H3. The highest BCUT2D eigenvalue weighted by Crippen LogP contribution is 2.24. The second-order valence-corrected chi connectivity index (χ2v) is 5.93. The summed E-state index contributed by atoms with van der Waals surface area (Å²) >= 11 is 5.89. The zero-order valence-corrected chi connectivity index (χ0v) is 12.1. The van der Waals surface area contributed by atoms with Gasteiger partial charge in [-0.05, 0) is 19.1 Å². The Bertz CT molecular complexity index is 777. The second kappa shape index (κ2) is 5.53. The van der Waals surface area contributed by atoms with Crippen LogP contribution in [0, 0.1) is 11.3 Å². The summed E-state index contributed by atoms with van der Waals surface area (Å²) in [6.07, 6.45) is 1.31. The first kappa shape index (κ1) is 14.4. The van der Waals surface area contributed by atoms with Crippen LogP contribution in [-0.4, -0.2) is 18.2 Å². The van der Waals surface area contributed by atoms with Crippen molar-refractivity contribution in [2.75, 3.05) is 4.72 Å². The molecule has 2 aromatic rings. The first-order valence-electron chi connectivity index (χ1n) is 5.73. The van der Waals surface area contributed by atoms with Crippen molar-refractivity contribution in [1.82, 2.24) is 9.78 Å². The van der Waals surface area contributed by atoms with Gasteiger partial charge in [-0.15, -0.1) is 0 Å². The highest BCUT2D eigenvalue weighted by atomic mass is 35.5. The average Bonchev–Trinajstić information content (AvgIpc) is 2.80. The molecule has 20 heavy (non-hydrogen) atoms. The van der Waals surface area contributed by atoms with E-state index in [0.29, 0.717) is 6.54 Å². The van der Waals surface area contributed by atoms with E-state index in [2.05, 4.69) is 9.82 Å². The fourth-order valence-corrected chi connectivity index (χ4v) is 3.26. The van der Waals surface area contributed by atoms with Crippen molar-refractivity contribution in [2.24, 2.45) is 0 Å². The third-order valence-corrected chi connectivity index (χ3v) is 4.46. The molecule has 0 unspecified atom stereocenters. The minimum atomic E-state index is -3.87. The van der Waals surface area contributed by atoms with E-state index < -0.39 is 10.0 Å². The van der Waals surface area contributed by atoms with Crippen molar-refractivity contribution in [3.63, 3.8) is 0 Å². The van der Waals surface area contributed by atoms with Gasteiger partial charge in [0.25, 0.3) is 10.0 Å². The molecule has 1 aromatic carbocycles. The zero-order valence-electron chi connectivity index (χ0n) is 10.5. The van der Waals surface area contributed by atoms with Crippen molar-refractivity contribution >= 4 is 27.4 Å². The zero-order chi connectivity index (χ0) is 14.8. The minimum Gasteiger partial charge on any atom is -0.262 e. The van der Waals surface area contributed by atoms with Gasteiger partial charge in [0.2, 0.25) is 0 Å². The monoisotopic (exact) mass is 310 g/mol. The van der Waals surface area contributed by atoms with E-state index in [1.54, 1.807) is 19.1 Å². The lowest BCUT2D eigenvalue weighted by atomic mass is 10.4. The molecule has 0 aliphatic rings. The SMILES string of the molecule is CCn1ncc(C#N)c1NS(=O)(=O)c1ccccc1Cl. The van der Waals surface area contributed by atoms with Crippen LogP contribution in [0.2, 0.25) is 5.02 Å². The molecule has 0 fully saturated rings. The number of aryl methyl sites for hydroxylation is 1. The molecule has 0 amide bonds. The summed E-state index contributed by atoms with van der Waals surface area (Å²) in [5.74, 6) is 0.134. The number of aromatic nitrogens is 2. The molecule has 1 aromatic heterocycles. The van der Waals surface area contributed by atoms with E-state index in [-0.39, 0.29) is 21.3 Å². The van der Waals surface area contributed by atoms with Gasteiger partial charge in [0.1, 0.15) is 16.5 Å². The van der Waals surface area contributed by atoms with Gasteiger partial charge in [0.15, 0.2) is 5.82 Å². The fraction of sp³-hybridized carbons (Fsp3) is 0.167. The number of nitrogens with zero attached hydrogens (tertiary/aromatic N) is 3. The minimum absolute atomic E-state index is 0.0468. The van der Waals surface area contributed by atoms with Gasteiger partial charge in [0, 0.05) is 6.54 Å². The number of nitriles is 1. The van der Waals surface area contributed by atoms with Crippen molar-refractivity contribution in [3.8, 4) is 6.07 Å². The van der Waals surface area contributed by atoms with Crippen LogP contribution in [0.1, 0.15) is 12.5 Å². The largest absolute Gasteiger partial charge is 0.264 e. The van der Waals surface area contributed by atoms with Crippen molar-refractivity contribution in [3.05, 3.63) is 41.0 Å². The molecular formula is C12H11ClN4O2S. The molecule has 0 spiro atoms. The Labute approximate surface area is 121 Å². The Morgan fingerprint density at radius 2 is 2.15 bits per heavy atom. The van der Waals surface area contributed by atoms with Crippen LogP contribution in [0.25, 0.3) is 0 Å². The van der Waals surface area contributed by atoms with E-state index in [1.807, 2.05) is 6.07 Å². The van der Waals surface area contributed by atoms with Crippen LogP contribution in [0.15, 0.2) is 35.4 Å². The summed E-state index contributed by atoms with van der Waals surface area (Å²) in [6.45, 7) is 2.23. The molecule has 0 atom stereocenters. The van der Waals surface area contributed by atoms with E-state index in [0.717, 1.165) is 0 Å². The lowest BCUT2D eigenvalue weighted by Gasteiger charge is -2.10. The Balaban J connectivity index is 2.47. The maximum absolute atomic E-state index is 12.3. The highest BCUT2D eigenvalue weighted by molar-refractivity contribution is 7.92. The second-order valence-electron chi connectivity index (χ2n) is 3.87. The maximum atomic E-state index is 12.3. The first-order valence-corrected chi connectivity index (χ1v) is 7.59. The number of anilines is 1. The molecule has 0 radical (unpaired) electrons. The van der Waals surface area contributed by atoms with Gasteiger partial charge in [-0.3, -0.25) is 4.72 Å².